The van der Waals surface area contributed by atoms with Gasteiger partial charge in [-0.05, 0) is 34.8 Å². The number of rotatable bonds is 4. The monoisotopic (exact) mass is 359 g/mol. The van der Waals surface area contributed by atoms with E-state index in [9.17, 15) is 0 Å². The quantitative estimate of drug-likeness (QED) is 0.816. The van der Waals surface area contributed by atoms with Crippen LogP contribution in [-0.2, 0) is 0 Å². The molecule has 0 radical (unpaired) electrons. The van der Waals surface area contributed by atoms with Crippen molar-refractivity contribution >= 4 is 44.7 Å². The predicted octanol–water partition coefficient (Wildman–Crippen LogP) is 5.18. The molecule has 0 atom stereocenters. The zero-order chi connectivity index (χ0) is 14.0. The molecule has 0 aliphatic heterocycles. The molecule has 1 N–H and O–H groups in total. The lowest BCUT2D eigenvalue weighted by Gasteiger charge is -2.13. The van der Waals surface area contributed by atoms with Gasteiger partial charge in [0.15, 0.2) is 5.82 Å². The summed E-state index contributed by atoms with van der Waals surface area (Å²) in [4.78, 5) is 10.2. The van der Waals surface area contributed by atoms with Gasteiger partial charge < -0.3 is 5.32 Å². The summed E-state index contributed by atoms with van der Waals surface area (Å²) in [5.74, 6) is 1.88. The molecule has 0 fully saturated rings. The van der Waals surface area contributed by atoms with E-state index in [0.717, 1.165) is 38.3 Å². The minimum Gasteiger partial charge on any atom is -0.369 e. The smallest absolute Gasteiger partial charge is 0.171 e. The number of aromatic nitrogens is 2. The number of hydrogen-bond acceptors (Lipinski definition) is 4. The third-order valence-corrected chi connectivity index (χ3v) is 4.61. The van der Waals surface area contributed by atoms with E-state index in [1.807, 2.05) is 18.4 Å². The Morgan fingerprint density at radius 1 is 1.42 bits per heavy atom. The molecule has 102 valence electrons. The number of halogens is 2. The van der Waals surface area contributed by atoms with Gasteiger partial charge in [0.2, 0.25) is 0 Å². The molecule has 2 heterocycles. The molecule has 0 saturated heterocycles. The van der Waals surface area contributed by atoms with Crippen LogP contribution in [0.1, 0.15) is 32.4 Å². The van der Waals surface area contributed by atoms with Crippen molar-refractivity contribution < 1.29 is 0 Å². The number of hydrogen-bond donors (Lipinski definition) is 1. The molecule has 2 aromatic rings. The molecule has 3 nitrogen and oxygen atoms in total. The van der Waals surface area contributed by atoms with Crippen molar-refractivity contribution in [2.24, 2.45) is 0 Å². The first-order valence-corrected chi connectivity index (χ1v) is 8.13. The maximum Gasteiger partial charge on any atom is 0.171 e. The molecule has 0 spiro atoms. The molecule has 2 aromatic heterocycles. The van der Waals surface area contributed by atoms with E-state index in [1.54, 1.807) is 11.3 Å². The SMILES string of the molecule is CCNc1nc(-c2cc(Cl)cs2)nc(C(C)C)c1Br. The zero-order valence-corrected chi connectivity index (χ0v) is 14.2. The van der Waals surface area contributed by atoms with Crippen molar-refractivity contribution in [3.05, 3.63) is 26.6 Å². The Kier molecular flexibility index (Phi) is 4.81. The summed E-state index contributed by atoms with van der Waals surface area (Å²) in [5.41, 5.74) is 1.01. The van der Waals surface area contributed by atoms with Gasteiger partial charge in [-0.1, -0.05) is 25.4 Å². The van der Waals surface area contributed by atoms with Gasteiger partial charge in [-0.3, -0.25) is 0 Å². The van der Waals surface area contributed by atoms with E-state index in [-0.39, 0.29) is 0 Å². The second-order valence-electron chi connectivity index (χ2n) is 4.41. The molecule has 19 heavy (non-hydrogen) atoms. The highest BCUT2D eigenvalue weighted by Gasteiger charge is 2.16. The van der Waals surface area contributed by atoms with Crippen molar-refractivity contribution in [1.29, 1.82) is 0 Å². The van der Waals surface area contributed by atoms with Crippen molar-refractivity contribution in [1.82, 2.24) is 9.97 Å². The lowest BCUT2D eigenvalue weighted by Crippen LogP contribution is -2.06. The molecular formula is C13H15BrClN3S. The fourth-order valence-corrected chi connectivity index (χ4v) is 3.45. The Labute approximate surface area is 130 Å². The highest BCUT2D eigenvalue weighted by atomic mass is 79.9. The standard InChI is InChI=1S/C13H15BrClN3S/c1-4-16-13-10(14)11(7(2)3)17-12(18-13)9-5-8(15)6-19-9/h5-7H,4H2,1-3H3,(H,16,17,18). The molecule has 0 unspecified atom stereocenters. The Morgan fingerprint density at radius 2 is 2.16 bits per heavy atom. The van der Waals surface area contributed by atoms with Crippen molar-refractivity contribution in [2.45, 2.75) is 26.7 Å². The lowest BCUT2D eigenvalue weighted by atomic mass is 10.1. The first kappa shape index (κ1) is 14.8. The van der Waals surface area contributed by atoms with Crippen LogP contribution in [0.25, 0.3) is 10.7 Å². The van der Waals surface area contributed by atoms with Crippen molar-refractivity contribution in [3.8, 4) is 10.7 Å². The van der Waals surface area contributed by atoms with Crippen LogP contribution in [0.15, 0.2) is 15.9 Å². The summed E-state index contributed by atoms with van der Waals surface area (Å²) < 4.78 is 0.941. The average molecular weight is 361 g/mol. The first-order chi connectivity index (χ1) is 9.02. The average Bonchev–Trinajstić information content (AvgIpc) is 2.78. The molecular weight excluding hydrogens is 346 g/mol. The van der Waals surface area contributed by atoms with E-state index in [2.05, 4.69) is 45.1 Å². The Morgan fingerprint density at radius 3 is 2.68 bits per heavy atom. The van der Waals surface area contributed by atoms with E-state index in [4.69, 9.17) is 11.6 Å². The van der Waals surface area contributed by atoms with Crippen LogP contribution in [0, 0.1) is 0 Å². The van der Waals surface area contributed by atoms with Gasteiger partial charge in [0.05, 0.1) is 20.1 Å². The van der Waals surface area contributed by atoms with Gasteiger partial charge in [-0.15, -0.1) is 11.3 Å². The van der Waals surface area contributed by atoms with Crippen molar-refractivity contribution in [3.63, 3.8) is 0 Å². The summed E-state index contributed by atoms with van der Waals surface area (Å²) in [5, 5.41) is 5.88. The minimum absolute atomic E-state index is 0.323. The van der Waals surface area contributed by atoms with Gasteiger partial charge in [-0.2, -0.15) is 0 Å². The first-order valence-electron chi connectivity index (χ1n) is 6.08. The lowest BCUT2D eigenvalue weighted by molar-refractivity contribution is 0.810. The van der Waals surface area contributed by atoms with Crippen molar-refractivity contribution in [2.75, 3.05) is 11.9 Å². The fourth-order valence-electron chi connectivity index (χ4n) is 1.67. The second-order valence-corrected chi connectivity index (χ2v) is 6.55. The van der Waals surface area contributed by atoms with E-state index < -0.39 is 0 Å². The summed E-state index contributed by atoms with van der Waals surface area (Å²) >= 11 is 11.1. The summed E-state index contributed by atoms with van der Waals surface area (Å²) in [6.45, 7) is 7.10. The second kappa shape index (κ2) is 6.20. The Bertz CT molecular complexity index is 583. The highest BCUT2D eigenvalue weighted by molar-refractivity contribution is 9.10. The molecule has 0 bridgehead atoms. The Hall–Kier alpha value is -0.650. The molecule has 0 amide bonds. The van der Waals surface area contributed by atoms with E-state index in [1.165, 1.54) is 0 Å². The topological polar surface area (TPSA) is 37.8 Å². The van der Waals surface area contributed by atoms with Crippen LogP contribution >= 0.6 is 38.9 Å². The van der Waals surface area contributed by atoms with Gasteiger partial charge in [0.25, 0.3) is 0 Å². The van der Waals surface area contributed by atoms with Gasteiger partial charge in [-0.25, -0.2) is 9.97 Å². The summed E-state index contributed by atoms with van der Waals surface area (Å²) in [7, 11) is 0. The normalized spacial score (nSPS) is 11.1. The van der Waals surface area contributed by atoms with Crippen LogP contribution in [0.4, 0.5) is 5.82 Å². The summed E-state index contributed by atoms with van der Waals surface area (Å²) in [6.07, 6.45) is 0. The maximum atomic E-state index is 5.97. The Balaban J connectivity index is 2.55. The molecule has 6 heteroatoms. The van der Waals surface area contributed by atoms with Gasteiger partial charge >= 0.3 is 0 Å². The zero-order valence-electron chi connectivity index (χ0n) is 11.0. The molecule has 2 rings (SSSR count). The molecule has 0 aliphatic rings. The molecule has 0 aromatic carbocycles. The van der Waals surface area contributed by atoms with Crippen LogP contribution in [0.2, 0.25) is 5.02 Å². The predicted molar refractivity (Wildman–Crippen MR) is 86.3 cm³/mol. The van der Waals surface area contributed by atoms with Crippen LogP contribution in [-0.4, -0.2) is 16.5 Å². The molecule has 0 aliphatic carbocycles. The third-order valence-electron chi connectivity index (χ3n) is 2.56. The maximum absolute atomic E-state index is 5.97. The van der Waals surface area contributed by atoms with Crippen LogP contribution < -0.4 is 5.32 Å². The molecule has 0 saturated carbocycles. The number of anilines is 1. The summed E-state index contributed by atoms with van der Waals surface area (Å²) in [6, 6.07) is 1.90. The largest absolute Gasteiger partial charge is 0.369 e. The number of nitrogens with one attached hydrogen (secondary N) is 1. The minimum atomic E-state index is 0.323. The van der Waals surface area contributed by atoms with E-state index in [0.29, 0.717) is 5.92 Å². The van der Waals surface area contributed by atoms with Crippen LogP contribution in [0.3, 0.4) is 0 Å². The number of nitrogens with zero attached hydrogens (tertiary/aromatic N) is 2. The van der Waals surface area contributed by atoms with Gasteiger partial charge in [0, 0.05) is 11.9 Å². The van der Waals surface area contributed by atoms with E-state index >= 15 is 0 Å². The fraction of sp³-hybridized carbons (Fsp3) is 0.385. The highest BCUT2D eigenvalue weighted by Crippen LogP contribution is 2.34. The van der Waals surface area contributed by atoms with Crippen LogP contribution in [0.5, 0.6) is 0 Å². The third kappa shape index (κ3) is 3.27. The van der Waals surface area contributed by atoms with Gasteiger partial charge in [0.1, 0.15) is 5.82 Å². The number of thiophene rings is 1.